The molecule has 0 saturated heterocycles. The molecule has 78 valence electrons. The smallest absolute Gasteiger partial charge is 0.152 e. The van der Waals surface area contributed by atoms with Gasteiger partial charge in [0.2, 0.25) is 0 Å². The first-order valence-corrected chi connectivity index (χ1v) is 4.86. The monoisotopic (exact) mass is 201 g/mol. The number of carbonyl (C=O) groups excluding carboxylic acids is 1. The molecular weight excluding hydrogens is 186 g/mol. The van der Waals surface area contributed by atoms with Crippen molar-refractivity contribution in [3.63, 3.8) is 0 Å². The van der Waals surface area contributed by atoms with E-state index in [4.69, 9.17) is 0 Å². The van der Waals surface area contributed by atoms with Crippen molar-refractivity contribution in [2.45, 2.75) is 6.92 Å². The van der Waals surface area contributed by atoms with Crippen molar-refractivity contribution in [1.82, 2.24) is 0 Å². The highest BCUT2D eigenvalue weighted by Gasteiger charge is 1.92. The second kappa shape index (κ2) is 5.81. The first-order valence-electron chi connectivity index (χ1n) is 4.86. The normalized spacial score (nSPS) is 11.1. The summed E-state index contributed by atoms with van der Waals surface area (Å²) in [7, 11) is 1.89. The van der Waals surface area contributed by atoms with E-state index in [0.717, 1.165) is 11.3 Å². The minimum absolute atomic E-state index is 0.0570. The van der Waals surface area contributed by atoms with E-state index in [9.17, 15) is 4.79 Å². The van der Waals surface area contributed by atoms with Gasteiger partial charge in [-0.3, -0.25) is 4.79 Å². The number of hydrogen-bond donors (Lipinski definition) is 1. The van der Waals surface area contributed by atoms with Gasteiger partial charge in [-0.2, -0.15) is 0 Å². The van der Waals surface area contributed by atoms with E-state index in [1.807, 2.05) is 43.5 Å². The maximum Gasteiger partial charge on any atom is 0.152 e. The fourth-order valence-electron chi connectivity index (χ4n) is 1.22. The van der Waals surface area contributed by atoms with Crippen LogP contribution >= 0.6 is 0 Å². The minimum atomic E-state index is 0.0570. The van der Waals surface area contributed by atoms with Gasteiger partial charge >= 0.3 is 0 Å². The highest BCUT2D eigenvalue weighted by Crippen LogP contribution is 2.15. The first-order chi connectivity index (χ1) is 7.24. The molecule has 0 amide bonds. The zero-order valence-electron chi connectivity index (χ0n) is 9.03. The molecule has 2 nitrogen and oxygen atoms in total. The number of hydrogen-bond acceptors (Lipinski definition) is 2. The topological polar surface area (TPSA) is 29.1 Å². The highest BCUT2D eigenvalue weighted by molar-refractivity contribution is 5.87. The Balaban J connectivity index is 2.75. The summed E-state index contributed by atoms with van der Waals surface area (Å²) >= 11 is 0. The molecule has 0 atom stereocenters. The van der Waals surface area contributed by atoms with Gasteiger partial charge in [-0.05, 0) is 24.6 Å². The summed E-state index contributed by atoms with van der Waals surface area (Å²) in [6, 6.07) is 7.99. The van der Waals surface area contributed by atoms with Crippen LogP contribution in [0.15, 0.2) is 42.5 Å². The Kier molecular flexibility index (Phi) is 4.35. The standard InChI is InChI=1S/C13H15NO/c1-11(15)7-3-4-8-12-9-5-6-10-13(12)14-2/h3-10,14H,1-2H3/b7-3+,8-4+. The average Bonchev–Trinajstić information content (AvgIpc) is 2.24. The summed E-state index contributed by atoms with van der Waals surface area (Å²) in [6.07, 6.45) is 7.11. The number of carbonyl (C=O) groups is 1. The first kappa shape index (κ1) is 11.2. The molecule has 0 aliphatic rings. The third-order valence-corrected chi connectivity index (χ3v) is 1.95. The van der Waals surface area contributed by atoms with Gasteiger partial charge in [0.15, 0.2) is 5.78 Å². The fraction of sp³-hybridized carbons (Fsp3) is 0.154. The Morgan fingerprint density at radius 1 is 1.27 bits per heavy atom. The van der Waals surface area contributed by atoms with Crippen LogP contribution in [0.3, 0.4) is 0 Å². The summed E-state index contributed by atoms with van der Waals surface area (Å²) in [5.74, 6) is 0.0570. The number of nitrogens with one attached hydrogen (secondary N) is 1. The van der Waals surface area contributed by atoms with Crippen LogP contribution in [0.2, 0.25) is 0 Å². The molecule has 0 heterocycles. The van der Waals surface area contributed by atoms with Crippen LogP contribution in [-0.4, -0.2) is 12.8 Å². The van der Waals surface area contributed by atoms with Crippen molar-refractivity contribution >= 4 is 17.5 Å². The zero-order valence-corrected chi connectivity index (χ0v) is 9.03. The number of benzene rings is 1. The number of rotatable bonds is 4. The predicted molar refractivity (Wildman–Crippen MR) is 64.8 cm³/mol. The molecule has 0 aliphatic heterocycles. The molecule has 15 heavy (non-hydrogen) atoms. The van der Waals surface area contributed by atoms with Crippen LogP contribution in [0.5, 0.6) is 0 Å². The van der Waals surface area contributed by atoms with Crippen molar-refractivity contribution in [3.8, 4) is 0 Å². The lowest BCUT2D eigenvalue weighted by atomic mass is 10.1. The minimum Gasteiger partial charge on any atom is -0.388 e. The van der Waals surface area contributed by atoms with Crippen molar-refractivity contribution in [3.05, 3.63) is 48.1 Å². The van der Waals surface area contributed by atoms with Gasteiger partial charge < -0.3 is 5.32 Å². The van der Waals surface area contributed by atoms with Crippen molar-refractivity contribution in [1.29, 1.82) is 0 Å². The molecular formula is C13H15NO. The summed E-state index contributed by atoms with van der Waals surface area (Å²) in [5.41, 5.74) is 2.18. The van der Waals surface area contributed by atoms with Gasteiger partial charge in [0.25, 0.3) is 0 Å². The molecule has 0 unspecified atom stereocenters. The summed E-state index contributed by atoms with van der Waals surface area (Å²) in [4.78, 5) is 10.6. The van der Waals surface area contributed by atoms with Gasteiger partial charge in [-0.25, -0.2) is 0 Å². The lowest BCUT2D eigenvalue weighted by Crippen LogP contribution is -1.89. The number of ketones is 1. The Labute approximate surface area is 90.3 Å². The molecule has 0 aromatic heterocycles. The highest BCUT2D eigenvalue weighted by atomic mass is 16.1. The second-order valence-electron chi connectivity index (χ2n) is 3.17. The maximum absolute atomic E-state index is 10.6. The van der Waals surface area contributed by atoms with Crippen molar-refractivity contribution in [2.24, 2.45) is 0 Å². The van der Waals surface area contributed by atoms with Crippen LogP contribution < -0.4 is 5.32 Å². The summed E-state index contributed by atoms with van der Waals surface area (Å²) in [5, 5.41) is 3.10. The number of anilines is 1. The molecule has 0 spiro atoms. The molecule has 0 bridgehead atoms. The van der Waals surface area contributed by atoms with E-state index in [0.29, 0.717) is 0 Å². The molecule has 1 N–H and O–H groups in total. The van der Waals surface area contributed by atoms with Crippen molar-refractivity contribution in [2.75, 3.05) is 12.4 Å². The number of allylic oxidation sites excluding steroid dienone is 3. The SMILES string of the molecule is CNc1ccccc1/C=C/C=C/C(C)=O. The lowest BCUT2D eigenvalue weighted by molar-refractivity contribution is -0.112. The van der Waals surface area contributed by atoms with E-state index in [1.165, 1.54) is 6.92 Å². The van der Waals surface area contributed by atoms with Crippen LogP contribution in [0, 0.1) is 0 Å². The van der Waals surface area contributed by atoms with E-state index in [2.05, 4.69) is 5.32 Å². The Hall–Kier alpha value is -1.83. The van der Waals surface area contributed by atoms with Gasteiger partial charge in [0.05, 0.1) is 0 Å². The third kappa shape index (κ3) is 3.81. The molecule has 0 aliphatic carbocycles. The van der Waals surface area contributed by atoms with E-state index in [1.54, 1.807) is 12.2 Å². The van der Waals surface area contributed by atoms with Crippen LogP contribution in [-0.2, 0) is 4.79 Å². The summed E-state index contributed by atoms with van der Waals surface area (Å²) < 4.78 is 0. The van der Waals surface area contributed by atoms with Crippen LogP contribution in [0.1, 0.15) is 12.5 Å². The average molecular weight is 201 g/mol. The number of para-hydroxylation sites is 1. The molecule has 2 heteroatoms. The Bertz CT molecular complexity index is 391. The largest absolute Gasteiger partial charge is 0.388 e. The molecule has 1 aromatic rings. The Morgan fingerprint density at radius 2 is 2.00 bits per heavy atom. The molecule has 0 radical (unpaired) electrons. The van der Waals surface area contributed by atoms with Crippen LogP contribution in [0.4, 0.5) is 5.69 Å². The molecule has 1 aromatic carbocycles. The van der Waals surface area contributed by atoms with Gasteiger partial charge in [0.1, 0.15) is 0 Å². The third-order valence-electron chi connectivity index (χ3n) is 1.95. The van der Waals surface area contributed by atoms with E-state index >= 15 is 0 Å². The lowest BCUT2D eigenvalue weighted by Gasteiger charge is -2.03. The van der Waals surface area contributed by atoms with Gasteiger partial charge in [0, 0.05) is 12.7 Å². The quantitative estimate of drug-likeness (QED) is 0.599. The molecule has 0 saturated carbocycles. The maximum atomic E-state index is 10.6. The van der Waals surface area contributed by atoms with Gasteiger partial charge in [-0.1, -0.05) is 36.4 Å². The Morgan fingerprint density at radius 3 is 2.67 bits per heavy atom. The fourth-order valence-corrected chi connectivity index (χ4v) is 1.22. The molecule has 0 fully saturated rings. The van der Waals surface area contributed by atoms with E-state index < -0.39 is 0 Å². The van der Waals surface area contributed by atoms with Crippen LogP contribution in [0.25, 0.3) is 6.08 Å². The van der Waals surface area contributed by atoms with Crippen molar-refractivity contribution < 1.29 is 4.79 Å². The predicted octanol–water partition coefficient (Wildman–Crippen LogP) is 2.89. The second-order valence-corrected chi connectivity index (χ2v) is 3.17. The van der Waals surface area contributed by atoms with Gasteiger partial charge in [-0.15, -0.1) is 0 Å². The summed E-state index contributed by atoms with van der Waals surface area (Å²) in [6.45, 7) is 1.53. The zero-order chi connectivity index (χ0) is 11.1. The molecule has 1 rings (SSSR count). The van der Waals surface area contributed by atoms with E-state index in [-0.39, 0.29) is 5.78 Å².